The van der Waals surface area contributed by atoms with Crippen molar-refractivity contribution in [3.8, 4) is 0 Å². The summed E-state index contributed by atoms with van der Waals surface area (Å²) in [7, 11) is 2.55. The Morgan fingerprint density at radius 3 is 2.17 bits per heavy atom. The minimum atomic E-state index is -2.33. The Morgan fingerprint density at radius 2 is 2.17 bits per heavy atom. The van der Waals surface area contributed by atoms with Crippen LogP contribution < -0.4 is 0 Å². The van der Waals surface area contributed by atoms with Gasteiger partial charge in [-0.05, 0) is 19.5 Å². The number of rotatable bonds is 1. The molecule has 0 heterocycles. The molecule has 0 N–H and O–H groups in total. The van der Waals surface area contributed by atoms with E-state index in [4.69, 9.17) is 7.12 Å². The molecule has 0 rings (SSSR count). The summed E-state index contributed by atoms with van der Waals surface area (Å²) in [6, 6.07) is 0. The molecule has 0 amide bonds. The van der Waals surface area contributed by atoms with E-state index < -0.39 is 8.34 Å². The van der Waals surface area contributed by atoms with E-state index in [1.807, 2.05) is 0 Å². The van der Waals surface area contributed by atoms with Crippen molar-refractivity contribution >= 4 is 26.7 Å². The van der Waals surface area contributed by atoms with Crippen molar-refractivity contribution in [3.05, 3.63) is 0 Å². The monoisotopic (exact) mass is 120 g/mol. The maximum atomic E-state index is 10.1. The highest BCUT2D eigenvalue weighted by Crippen LogP contribution is 1.75. The van der Waals surface area contributed by atoms with E-state index in [0.29, 0.717) is 5.75 Å². The van der Waals surface area contributed by atoms with Crippen LogP contribution in [0.5, 0.6) is 0 Å². The fourth-order valence-electron chi connectivity index (χ4n) is 0. The lowest BCUT2D eigenvalue weighted by Gasteiger charge is -1.85. The fraction of sp³-hybridized carbons (Fsp3) is 1.00. The Balaban J connectivity index is 3.85. The van der Waals surface area contributed by atoms with Gasteiger partial charge < -0.3 is 0 Å². The van der Waals surface area contributed by atoms with Crippen LogP contribution >= 0.6 is 0 Å². The van der Waals surface area contributed by atoms with Crippen LogP contribution in [0, 0.1) is 0 Å². The smallest absolute Gasteiger partial charge is 0.215 e. The van der Waals surface area contributed by atoms with Crippen LogP contribution in [0.2, 0.25) is 0 Å². The minimum Gasteiger partial charge on any atom is -0.270 e. The first kappa shape index (κ1) is 6.43. The number of hydrogen-bond acceptors (Lipinski definition) is 2. The molecule has 4 heteroatoms. The molecular weight excluding hydrogens is 115 g/mol. The molecule has 0 fully saturated rings. The van der Waals surface area contributed by atoms with Crippen molar-refractivity contribution in [2.45, 2.75) is 6.92 Å². The van der Waals surface area contributed by atoms with E-state index in [1.165, 1.54) is 0 Å². The second kappa shape index (κ2) is 1.93. The van der Waals surface area contributed by atoms with E-state index >= 15 is 0 Å². The molecule has 0 saturated carbocycles. The molecule has 6 heavy (non-hydrogen) atoms. The lowest BCUT2D eigenvalue weighted by Crippen LogP contribution is -1.97. The Labute approximate surface area is 44.1 Å². The Bertz CT molecular complexity index is 114. The van der Waals surface area contributed by atoms with Gasteiger partial charge in [0.25, 0.3) is 0 Å². The highest BCUT2D eigenvalue weighted by atomic mass is 32.8. The molecule has 0 aromatic heterocycles. The second-order valence-corrected chi connectivity index (χ2v) is 4.55. The molecule has 0 aromatic carbocycles. The van der Waals surface area contributed by atoms with Crippen molar-refractivity contribution in [1.29, 1.82) is 0 Å². The van der Waals surface area contributed by atoms with Gasteiger partial charge in [0.05, 0.1) is 0 Å². The first-order valence-corrected chi connectivity index (χ1v) is 4.28. The van der Waals surface area contributed by atoms with Gasteiger partial charge in [-0.3, -0.25) is 4.21 Å². The maximum Gasteiger partial charge on any atom is 0.215 e. The maximum absolute atomic E-state index is 10.1. The molecule has 0 spiro atoms. The molecule has 1 nitrogen and oxygen atoms in total. The minimum absolute atomic E-state index is 0.391. The predicted molar refractivity (Wildman–Crippen MR) is 31.8 cm³/mol. The Kier molecular flexibility index (Phi) is 2.07. The van der Waals surface area contributed by atoms with Gasteiger partial charge in [0.1, 0.15) is 0 Å². The van der Waals surface area contributed by atoms with Crippen LogP contribution in [-0.2, 0) is 19.5 Å². The molecule has 0 aliphatic rings. The molecule has 1 unspecified atom stereocenters. The summed E-state index contributed by atoms with van der Waals surface area (Å²) in [5, 5.41) is 0. The van der Waals surface area contributed by atoms with Crippen molar-refractivity contribution in [2.75, 3.05) is 5.75 Å². The highest BCUT2D eigenvalue weighted by molar-refractivity contribution is 8.45. The fourth-order valence-corrected chi connectivity index (χ4v) is 0. The summed E-state index contributed by atoms with van der Waals surface area (Å²) in [6.07, 6.45) is 0. The van der Waals surface area contributed by atoms with Crippen molar-refractivity contribution < 1.29 is 4.21 Å². The molecule has 0 bridgehead atoms. The molecule has 34 valence electrons. The highest BCUT2D eigenvalue weighted by Gasteiger charge is 1.85. The van der Waals surface area contributed by atoms with E-state index in [1.54, 1.807) is 6.92 Å². The average Bonchev–Trinajstić information content (AvgIpc) is 1.35. The van der Waals surface area contributed by atoms with Gasteiger partial charge in [0.15, 0.2) is 0 Å². The van der Waals surface area contributed by atoms with Gasteiger partial charge in [-0.2, -0.15) is 0 Å². The van der Waals surface area contributed by atoms with Crippen LogP contribution in [0.3, 0.4) is 0 Å². The molecule has 0 aromatic rings. The average molecular weight is 120 g/mol. The van der Waals surface area contributed by atoms with E-state index in [2.05, 4.69) is 11.2 Å². The molecule has 0 aliphatic heterocycles. The summed E-state index contributed by atoms with van der Waals surface area (Å²) in [4.78, 5) is 0. The number of hydrogen-bond donors (Lipinski definition) is 0. The topological polar surface area (TPSA) is 17.1 Å². The van der Waals surface area contributed by atoms with Crippen LogP contribution in [0.1, 0.15) is 6.92 Å². The summed E-state index contributed by atoms with van der Waals surface area (Å²) in [5.41, 5.74) is 0. The third-order valence-corrected chi connectivity index (χ3v) is 1.91. The van der Waals surface area contributed by atoms with E-state index in [9.17, 15) is 4.21 Å². The zero-order valence-electron chi connectivity index (χ0n) is 3.51. The van der Waals surface area contributed by atoms with Crippen LogP contribution in [0.15, 0.2) is 0 Å². The van der Waals surface area contributed by atoms with Gasteiger partial charge in [0, 0.05) is 5.75 Å². The van der Waals surface area contributed by atoms with E-state index in [-0.39, 0.29) is 0 Å². The first-order chi connectivity index (χ1) is 2.56. The van der Waals surface area contributed by atoms with Crippen LogP contribution in [-0.4, -0.2) is 17.1 Å². The third-order valence-electron chi connectivity index (χ3n) is 0.402. The quantitative estimate of drug-likeness (QED) is 0.447. The largest absolute Gasteiger partial charge is 0.270 e. The normalized spacial score (nSPS) is 19.5. The van der Waals surface area contributed by atoms with Gasteiger partial charge in [0.2, 0.25) is 7.12 Å². The summed E-state index contributed by atoms with van der Waals surface area (Å²) in [5.74, 6) is 0.391. The predicted octanol–water partition coefficient (Wildman–Crippen LogP) is -0.164. The van der Waals surface area contributed by atoms with E-state index in [0.717, 1.165) is 0 Å². The summed E-state index contributed by atoms with van der Waals surface area (Å²) >= 11 is 4.29. The van der Waals surface area contributed by atoms with Gasteiger partial charge in [-0.15, -0.1) is 0 Å². The lowest BCUT2D eigenvalue weighted by atomic mass is 10.8. The zero-order valence-corrected chi connectivity index (χ0v) is 5.14. The summed E-state index contributed by atoms with van der Waals surface area (Å²) in [6.45, 7) is 1.70. The van der Waals surface area contributed by atoms with Crippen molar-refractivity contribution in [2.24, 2.45) is 0 Å². The van der Waals surface area contributed by atoms with Gasteiger partial charge >= 0.3 is 0 Å². The molecular formula is C2H5BOS2. The zero-order chi connectivity index (χ0) is 5.21. The summed E-state index contributed by atoms with van der Waals surface area (Å²) < 4.78 is 10.1. The SMILES string of the molecule is [B]S(=O)(=S)CC. The molecule has 0 aliphatic carbocycles. The Morgan fingerprint density at radius 1 is 2.00 bits per heavy atom. The first-order valence-electron chi connectivity index (χ1n) is 1.56. The van der Waals surface area contributed by atoms with Gasteiger partial charge in [-0.1, -0.05) is 6.92 Å². The van der Waals surface area contributed by atoms with Crippen LogP contribution in [0.25, 0.3) is 0 Å². The molecule has 1 atom stereocenters. The van der Waals surface area contributed by atoms with Crippen molar-refractivity contribution in [3.63, 3.8) is 0 Å². The van der Waals surface area contributed by atoms with Crippen LogP contribution in [0.4, 0.5) is 0 Å². The molecule has 0 saturated heterocycles. The third kappa shape index (κ3) is 4.43. The Hall–Kier alpha value is 0.435. The second-order valence-electron chi connectivity index (χ2n) is 0.952. The molecule has 2 radical (unpaired) electrons. The lowest BCUT2D eigenvalue weighted by molar-refractivity contribution is 0.690. The van der Waals surface area contributed by atoms with Gasteiger partial charge in [-0.25, -0.2) is 0 Å². The standard InChI is InChI=1S/C2H5BOS2/c1-2-6(3,4)5/h2H2,1H3. The van der Waals surface area contributed by atoms with Crippen molar-refractivity contribution in [1.82, 2.24) is 0 Å².